The minimum absolute atomic E-state index is 0. The van der Waals surface area contributed by atoms with E-state index in [-0.39, 0.29) is 30.1 Å². The third-order valence-electron chi connectivity index (χ3n) is 4.24. The number of morpholine rings is 1. The molecule has 0 saturated carbocycles. The van der Waals surface area contributed by atoms with Gasteiger partial charge in [-0.25, -0.2) is 0 Å². The Balaban J connectivity index is 0.00000625. The van der Waals surface area contributed by atoms with Crippen LogP contribution in [0.3, 0.4) is 0 Å². The molecular weight excluding hydrogens is 445 g/mol. The Morgan fingerprint density at radius 2 is 2.12 bits per heavy atom. The van der Waals surface area contributed by atoms with Crippen molar-refractivity contribution >= 4 is 29.9 Å². The van der Waals surface area contributed by atoms with Gasteiger partial charge in [0.15, 0.2) is 5.96 Å². The highest BCUT2D eigenvalue weighted by molar-refractivity contribution is 14.0. The van der Waals surface area contributed by atoms with Crippen molar-refractivity contribution in [1.82, 2.24) is 20.4 Å². The summed E-state index contributed by atoms with van der Waals surface area (Å²) in [7, 11) is 5.69. The van der Waals surface area contributed by atoms with Gasteiger partial charge in [0, 0.05) is 66.6 Å². The quantitative estimate of drug-likeness (QED) is 0.198. The Kier molecular flexibility index (Phi) is 15.8. The van der Waals surface area contributed by atoms with Crippen molar-refractivity contribution in [2.24, 2.45) is 10.9 Å². The first kappa shape index (κ1) is 25.8. The molecule has 0 radical (unpaired) electrons. The number of aliphatic imine (C=N–C) groups is 1. The van der Waals surface area contributed by atoms with Gasteiger partial charge in [-0.15, -0.1) is 24.0 Å². The summed E-state index contributed by atoms with van der Waals surface area (Å²) in [6.45, 7) is 13.0. The third-order valence-corrected chi connectivity index (χ3v) is 4.24. The molecule has 1 aliphatic rings. The average Bonchev–Trinajstić information content (AvgIpc) is 2.58. The van der Waals surface area contributed by atoms with Gasteiger partial charge in [0.2, 0.25) is 0 Å². The molecular formula is C18H40IN5O2. The molecule has 2 N–H and O–H groups in total. The summed E-state index contributed by atoms with van der Waals surface area (Å²) >= 11 is 0. The SMILES string of the molecule is CN=C(NCCN(C)CCCOC)NCC1CN(CC(C)C)CCO1.I. The van der Waals surface area contributed by atoms with E-state index in [1.165, 1.54) is 0 Å². The van der Waals surface area contributed by atoms with Crippen molar-refractivity contribution in [3.8, 4) is 0 Å². The molecule has 0 amide bonds. The lowest BCUT2D eigenvalue weighted by Gasteiger charge is -2.34. The van der Waals surface area contributed by atoms with Crippen LogP contribution in [0.4, 0.5) is 0 Å². The van der Waals surface area contributed by atoms with E-state index in [0.717, 1.165) is 71.4 Å². The van der Waals surface area contributed by atoms with Gasteiger partial charge in [-0.05, 0) is 19.4 Å². The number of nitrogens with zero attached hydrogens (tertiary/aromatic N) is 3. The molecule has 1 fully saturated rings. The summed E-state index contributed by atoms with van der Waals surface area (Å²) in [5.74, 6) is 1.54. The van der Waals surface area contributed by atoms with E-state index >= 15 is 0 Å². The summed E-state index contributed by atoms with van der Waals surface area (Å²) < 4.78 is 11.0. The monoisotopic (exact) mass is 485 g/mol. The Bertz CT molecular complexity index is 371. The molecule has 1 rings (SSSR count). The number of guanidine groups is 1. The van der Waals surface area contributed by atoms with Gasteiger partial charge < -0.3 is 25.0 Å². The van der Waals surface area contributed by atoms with Gasteiger partial charge >= 0.3 is 0 Å². The number of hydrogen-bond acceptors (Lipinski definition) is 5. The van der Waals surface area contributed by atoms with Crippen molar-refractivity contribution < 1.29 is 9.47 Å². The zero-order valence-electron chi connectivity index (χ0n) is 17.3. The Labute approximate surface area is 177 Å². The number of hydrogen-bond donors (Lipinski definition) is 2. The second kappa shape index (κ2) is 15.9. The lowest BCUT2D eigenvalue weighted by molar-refractivity contribution is -0.0284. The van der Waals surface area contributed by atoms with E-state index in [9.17, 15) is 0 Å². The molecule has 1 atom stereocenters. The molecule has 1 heterocycles. The number of methoxy groups -OCH3 is 1. The van der Waals surface area contributed by atoms with Gasteiger partial charge in [0.25, 0.3) is 0 Å². The molecule has 1 saturated heterocycles. The Hall–Kier alpha value is -0.160. The van der Waals surface area contributed by atoms with Crippen LogP contribution in [-0.4, -0.2) is 102 Å². The average molecular weight is 485 g/mol. The van der Waals surface area contributed by atoms with Crippen LogP contribution in [0.25, 0.3) is 0 Å². The van der Waals surface area contributed by atoms with Crippen molar-refractivity contribution in [1.29, 1.82) is 0 Å². The van der Waals surface area contributed by atoms with E-state index in [1.54, 1.807) is 7.11 Å². The smallest absolute Gasteiger partial charge is 0.191 e. The van der Waals surface area contributed by atoms with Crippen LogP contribution in [0.1, 0.15) is 20.3 Å². The molecule has 1 aliphatic heterocycles. The highest BCUT2D eigenvalue weighted by Gasteiger charge is 2.20. The van der Waals surface area contributed by atoms with Crippen LogP contribution in [0.15, 0.2) is 4.99 Å². The molecule has 8 heteroatoms. The third kappa shape index (κ3) is 12.3. The van der Waals surface area contributed by atoms with E-state index < -0.39 is 0 Å². The lowest BCUT2D eigenvalue weighted by Crippen LogP contribution is -2.50. The largest absolute Gasteiger partial charge is 0.385 e. The molecule has 0 aromatic carbocycles. The molecule has 7 nitrogen and oxygen atoms in total. The minimum Gasteiger partial charge on any atom is -0.385 e. The molecule has 0 aliphatic carbocycles. The topological polar surface area (TPSA) is 61.4 Å². The summed E-state index contributed by atoms with van der Waals surface area (Å²) in [4.78, 5) is 9.09. The first-order valence-electron chi connectivity index (χ1n) is 9.51. The maximum absolute atomic E-state index is 5.88. The second-order valence-electron chi connectivity index (χ2n) is 7.18. The van der Waals surface area contributed by atoms with Crippen molar-refractivity contribution in [3.05, 3.63) is 0 Å². The van der Waals surface area contributed by atoms with Crippen LogP contribution in [0.5, 0.6) is 0 Å². The van der Waals surface area contributed by atoms with Crippen molar-refractivity contribution in [2.45, 2.75) is 26.4 Å². The first-order chi connectivity index (χ1) is 12.0. The summed E-state index contributed by atoms with van der Waals surface area (Å²) in [6, 6.07) is 0. The van der Waals surface area contributed by atoms with Gasteiger partial charge in [-0.1, -0.05) is 13.8 Å². The molecule has 26 heavy (non-hydrogen) atoms. The summed E-state index contributed by atoms with van der Waals surface area (Å²) in [5, 5.41) is 6.76. The van der Waals surface area contributed by atoms with Gasteiger partial charge in [-0.2, -0.15) is 0 Å². The number of nitrogens with one attached hydrogen (secondary N) is 2. The van der Waals surface area contributed by atoms with Crippen molar-refractivity contribution in [3.63, 3.8) is 0 Å². The van der Waals surface area contributed by atoms with E-state index in [1.807, 2.05) is 7.05 Å². The molecule has 0 spiro atoms. The minimum atomic E-state index is 0. The maximum Gasteiger partial charge on any atom is 0.191 e. The Morgan fingerprint density at radius 3 is 2.77 bits per heavy atom. The number of likely N-dealkylation sites (N-methyl/N-ethyl adjacent to an activating group) is 1. The van der Waals surface area contributed by atoms with Crippen molar-refractivity contribution in [2.75, 3.05) is 80.2 Å². The fourth-order valence-corrected chi connectivity index (χ4v) is 2.97. The zero-order valence-corrected chi connectivity index (χ0v) is 19.6. The van der Waals surface area contributed by atoms with E-state index in [0.29, 0.717) is 5.92 Å². The number of ether oxygens (including phenoxy) is 2. The highest BCUT2D eigenvalue weighted by Crippen LogP contribution is 2.07. The Morgan fingerprint density at radius 1 is 1.35 bits per heavy atom. The summed E-state index contributed by atoms with van der Waals surface area (Å²) in [6.07, 6.45) is 1.29. The lowest BCUT2D eigenvalue weighted by atomic mass is 10.2. The van der Waals surface area contributed by atoms with E-state index in [4.69, 9.17) is 9.47 Å². The van der Waals surface area contributed by atoms with Crippen LogP contribution in [-0.2, 0) is 9.47 Å². The molecule has 0 aromatic rings. The normalized spacial score (nSPS) is 18.9. The first-order valence-corrected chi connectivity index (χ1v) is 9.51. The predicted octanol–water partition coefficient (Wildman–Crippen LogP) is 1.09. The standard InChI is InChI=1S/C18H39N5O2.HI/c1-16(2)14-23-10-12-25-17(15-23)13-21-18(19-3)20-7-9-22(4)8-6-11-24-5;/h16-17H,6-15H2,1-5H3,(H2,19,20,21);1H. The highest BCUT2D eigenvalue weighted by atomic mass is 127. The van der Waals surface area contributed by atoms with Gasteiger partial charge in [-0.3, -0.25) is 9.89 Å². The predicted molar refractivity (Wildman–Crippen MR) is 120 cm³/mol. The fraction of sp³-hybridized carbons (Fsp3) is 0.944. The number of rotatable bonds is 11. The second-order valence-corrected chi connectivity index (χ2v) is 7.18. The summed E-state index contributed by atoms with van der Waals surface area (Å²) in [5.41, 5.74) is 0. The van der Waals surface area contributed by atoms with Gasteiger partial charge in [0.1, 0.15) is 0 Å². The zero-order chi connectivity index (χ0) is 18.5. The molecule has 0 bridgehead atoms. The van der Waals surface area contributed by atoms with Crippen LogP contribution in [0, 0.1) is 5.92 Å². The van der Waals surface area contributed by atoms with Crippen LogP contribution in [0.2, 0.25) is 0 Å². The van der Waals surface area contributed by atoms with Crippen LogP contribution < -0.4 is 10.6 Å². The molecule has 1 unspecified atom stereocenters. The number of halogens is 1. The van der Waals surface area contributed by atoms with Crippen LogP contribution >= 0.6 is 24.0 Å². The fourth-order valence-electron chi connectivity index (χ4n) is 2.97. The maximum atomic E-state index is 5.88. The van der Waals surface area contributed by atoms with E-state index in [2.05, 4.69) is 46.3 Å². The van der Waals surface area contributed by atoms with Gasteiger partial charge in [0.05, 0.1) is 12.7 Å². The molecule has 156 valence electrons. The molecule has 0 aromatic heterocycles.